The number of methoxy groups -OCH3 is 1. The van der Waals surface area contributed by atoms with E-state index in [-0.39, 0.29) is 29.3 Å². The number of piperazine rings is 2. The van der Waals surface area contributed by atoms with E-state index in [1.807, 2.05) is 49.3 Å². The monoisotopic (exact) mass is 795 g/mol. The lowest BCUT2D eigenvalue weighted by Gasteiger charge is -2.53. The van der Waals surface area contributed by atoms with Crippen LogP contribution in [0.2, 0.25) is 5.02 Å². The molecule has 2 bridgehead atoms. The number of aryl methyl sites for hydroxylation is 1. The summed E-state index contributed by atoms with van der Waals surface area (Å²) in [5, 5.41) is -0.0981. The number of carbonyl (C=O) groups excluding carboxylic acids is 2. The standard InChI is InChI=1S/C42H58ClN5O6S/c1-29-8-7-16-42(53-4,28-45-18-19-46-20-21-47(31(3)49)26-37(46)25-45)38-14-11-34(38)24-48-17-6-5-9-32-22-36(43)13-10-35(32)27-54-40-15-12-33(23-39(40)48)41(50)44-55(51,52)30(29)2/h7,10,12-13,15-16,22-23,29-30,34,37-38H,5-6,8-9,11,14,17-21,24-28H2,1-4H3,(H,44,50)/b16-7+/t29-,30?,34-,37+,38+,42+/m0/s1. The summed E-state index contributed by atoms with van der Waals surface area (Å²) in [7, 11) is -2.16. The van der Waals surface area contributed by atoms with Crippen LogP contribution >= 0.6 is 11.6 Å². The first kappa shape index (κ1) is 40.1. The molecule has 1 N–H and O–H groups in total. The molecule has 4 aliphatic heterocycles. The van der Waals surface area contributed by atoms with E-state index in [0.29, 0.717) is 36.3 Å². The second-order valence-corrected chi connectivity index (χ2v) is 19.1. The minimum Gasteiger partial charge on any atom is -0.487 e. The van der Waals surface area contributed by atoms with Gasteiger partial charge in [-0.05, 0) is 105 Å². The molecule has 1 saturated carbocycles. The number of ether oxygens (including phenoxy) is 2. The molecule has 13 heteroatoms. The number of hydrogen-bond acceptors (Lipinski definition) is 9. The second-order valence-electron chi connectivity index (χ2n) is 16.6. The van der Waals surface area contributed by atoms with Crippen LogP contribution in [0.15, 0.2) is 48.6 Å². The summed E-state index contributed by atoms with van der Waals surface area (Å²) in [4.78, 5) is 35.3. The zero-order chi connectivity index (χ0) is 38.9. The van der Waals surface area contributed by atoms with Gasteiger partial charge in [0.25, 0.3) is 5.91 Å². The minimum absolute atomic E-state index is 0.132. The molecule has 6 atom stereocenters. The molecule has 0 aromatic heterocycles. The molecule has 5 aliphatic rings. The number of nitrogens with zero attached hydrogens (tertiary/aromatic N) is 4. The van der Waals surface area contributed by atoms with Gasteiger partial charge in [-0.3, -0.25) is 19.4 Å². The lowest BCUT2D eigenvalue weighted by atomic mass is 9.63. The molecule has 11 nitrogen and oxygen atoms in total. The van der Waals surface area contributed by atoms with Gasteiger partial charge >= 0.3 is 0 Å². The van der Waals surface area contributed by atoms with Crippen molar-refractivity contribution in [3.63, 3.8) is 0 Å². The number of fused-ring (bicyclic) bond motifs is 4. The van der Waals surface area contributed by atoms with Crippen molar-refractivity contribution in [3.05, 3.63) is 70.3 Å². The molecule has 0 radical (unpaired) electrons. The largest absolute Gasteiger partial charge is 0.487 e. The third-order valence-electron chi connectivity index (χ3n) is 13.2. The maximum atomic E-state index is 13.7. The van der Waals surface area contributed by atoms with Gasteiger partial charge in [-0.2, -0.15) is 0 Å². The van der Waals surface area contributed by atoms with Crippen molar-refractivity contribution in [3.8, 4) is 5.75 Å². The summed E-state index contributed by atoms with van der Waals surface area (Å²) in [6, 6.07) is 11.5. The molecule has 2 amide bonds. The van der Waals surface area contributed by atoms with E-state index in [0.717, 1.165) is 95.7 Å². The molecular formula is C42H58ClN5O6S. The number of benzene rings is 2. The highest BCUT2D eigenvalue weighted by Gasteiger charge is 2.49. The van der Waals surface area contributed by atoms with Crippen LogP contribution in [0, 0.1) is 17.8 Å². The Morgan fingerprint density at radius 1 is 1.00 bits per heavy atom. The number of carbonyl (C=O) groups is 2. The first-order valence-corrected chi connectivity index (χ1v) is 22.1. The predicted octanol–water partition coefficient (Wildman–Crippen LogP) is 5.37. The molecule has 7 rings (SSSR count). The first-order valence-electron chi connectivity index (χ1n) is 20.2. The number of sulfonamides is 1. The fourth-order valence-electron chi connectivity index (χ4n) is 9.43. The summed E-state index contributed by atoms with van der Waals surface area (Å²) in [5.74, 6) is 0.430. The van der Waals surface area contributed by atoms with E-state index in [9.17, 15) is 18.0 Å². The van der Waals surface area contributed by atoms with Crippen molar-refractivity contribution < 1.29 is 27.5 Å². The Labute approximate surface area is 332 Å². The van der Waals surface area contributed by atoms with E-state index < -0.39 is 26.8 Å². The average Bonchev–Trinajstić information content (AvgIpc) is 3.18. The van der Waals surface area contributed by atoms with E-state index in [2.05, 4.69) is 31.6 Å². The molecule has 300 valence electrons. The molecule has 0 spiro atoms. The number of nitrogens with one attached hydrogen (secondary N) is 1. The van der Waals surface area contributed by atoms with Gasteiger partial charge in [-0.1, -0.05) is 36.7 Å². The fourth-order valence-corrected chi connectivity index (χ4v) is 10.9. The summed E-state index contributed by atoms with van der Waals surface area (Å²) < 4.78 is 42.9. The highest BCUT2D eigenvalue weighted by Crippen LogP contribution is 2.47. The lowest BCUT2D eigenvalue weighted by molar-refractivity contribution is -0.134. The maximum absolute atomic E-state index is 13.7. The van der Waals surface area contributed by atoms with Gasteiger partial charge in [0.2, 0.25) is 15.9 Å². The van der Waals surface area contributed by atoms with Gasteiger partial charge in [-0.25, -0.2) is 13.1 Å². The third kappa shape index (κ3) is 8.73. The van der Waals surface area contributed by atoms with Crippen molar-refractivity contribution in [1.82, 2.24) is 19.4 Å². The van der Waals surface area contributed by atoms with Crippen LogP contribution in [0.1, 0.15) is 74.4 Å². The van der Waals surface area contributed by atoms with Crippen LogP contribution in [0.4, 0.5) is 5.69 Å². The molecule has 2 aromatic rings. The summed E-state index contributed by atoms with van der Waals surface area (Å²) in [6.07, 6.45) is 9.69. The number of rotatable bonds is 3. The SMILES string of the molecule is CO[C@@]1(CN2CCN3CCN(C(C)=O)C[C@H]3C2)/C=C/C[C@H](C)C(C)S(=O)(=O)NC(=O)c2ccc3c(c2)N(CCCCc2cc(Cl)ccc2CO3)C[C@@H]2CC[C@H]21. The molecule has 4 heterocycles. The van der Waals surface area contributed by atoms with Gasteiger partial charge < -0.3 is 19.3 Å². The quantitative estimate of drug-likeness (QED) is 0.411. The number of hydrogen-bond donors (Lipinski definition) is 1. The maximum Gasteiger partial charge on any atom is 0.264 e. The molecule has 3 fully saturated rings. The normalized spacial score (nSPS) is 31.3. The van der Waals surface area contributed by atoms with E-state index >= 15 is 0 Å². The van der Waals surface area contributed by atoms with E-state index in [4.69, 9.17) is 21.1 Å². The van der Waals surface area contributed by atoms with Gasteiger partial charge in [0.05, 0.1) is 10.9 Å². The van der Waals surface area contributed by atoms with Crippen molar-refractivity contribution in [2.24, 2.45) is 17.8 Å². The topological polar surface area (TPSA) is 112 Å². The Kier molecular flexibility index (Phi) is 12.2. The van der Waals surface area contributed by atoms with Gasteiger partial charge in [0.15, 0.2) is 0 Å². The Balaban J connectivity index is 1.23. The second kappa shape index (κ2) is 16.7. The lowest BCUT2D eigenvalue weighted by Crippen LogP contribution is -2.65. The molecule has 2 aromatic carbocycles. The molecule has 2 saturated heterocycles. The first-order chi connectivity index (χ1) is 26.4. The zero-order valence-electron chi connectivity index (χ0n) is 32.8. The summed E-state index contributed by atoms with van der Waals surface area (Å²) in [5.41, 5.74) is 2.74. The van der Waals surface area contributed by atoms with Crippen LogP contribution in [0.25, 0.3) is 0 Å². The Hall–Kier alpha value is -3.16. The summed E-state index contributed by atoms with van der Waals surface area (Å²) >= 11 is 6.41. The van der Waals surface area contributed by atoms with Gasteiger partial charge in [-0.15, -0.1) is 0 Å². The Bertz CT molecular complexity index is 1880. The third-order valence-corrected chi connectivity index (χ3v) is 15.4. The number of allylic oxidation sites excluding steroid dienone is 1. The average molecular weight is 796 g/mol. The van der Waals surface area contributed by atoms with Crippen LogP contribution in [0.3, 0.4) is 0 Å². The molecule has 1 aliphatic carbocycles. The van der Waals surface area contributed by atoms with Crippen molar-refractivity contribution >= 4 is 39.1 Å². The highest BCUT2D eigenvalue weighted by atomic mass is 35.5. The molecule has 1 unspecified atom stereocenters. The number of anilines is 1. The van der Waals surface area contributed by atoms with E-state index in [1.54, 1.807) is 19.9 Å². The fraction of sp³-hybridized carbons (Fsp3) is 0.619. The smallest absolute Gasteiger partial charge is 0.264 e. The highest BCUT2D eigenvalue weighted by molar-refractivity contribution is 7.90. The zero-order valence-corrected chi connectivity index (χ0v) is 34.4. The van der Waals surface area contributed by atoms with Crippen LogP contribution in [-0.4, -0.2) is 118 Å². The number of amides is 2. The van der Waals surface area contributed by atoms with Crippen LogP contribution in [-0.2, 0) is 32.6 Å². The number of halogens is 1. The summed E-state index contributed by atoms with van der Waals surface area (Å²) in [6.45, 7) is 13.0. The van der Waals surface area contributed by atoms with Crippen LogP contribution in [0.5, 0.6) is 5.75 Å². The predicted molar refractivity (Wildman–Crippen MR) is 216 cm³/mol. The van der Waals surface area contributed by atoms with Gasteiger partial charge in [0, 0.05) is 89.6 Å². The molecular weight excluding hydrogens is 738 g/mol. The van der Waals surface area contributed by atoms with Crippen molar-refractivity contribution in [2.75, 3.05) is 70.9 Å². The Morgan fingerprint density at radius 2 is 1.82 bits per heavy atom. The van der Waals surface area contributed by atoms with E-state index in [1.165, 1.54) is 5.56 Å². The van der Waals surface area contributed by atoms with Crippen molar-refractivity contribution in [1.29, 1.82) is 0 Å². The van der Waals surface area contributed by atoms with Crippen LogP contribution < -0.4 is 14.4 Å². The van der Waals surface area contributed by atoms with Gasteiger partial charge in [0.1, 0.15) is 18.0 Å². The van der Waals surface area contributed by atoms with Crippen molar-refractivity contribution in [2.45, 2.75) is 82.8 Å². The Morgan fingerprint density at radius 3 is 2.58 bits per heavy atom. The molecule has 55 heavy (non-hydrogen) atoms. The minimum atomic E-state index is -3.98.